The van der Waals surface area contributed by atoms with Crippen molar-refractivity contribution in [2.24, 2.45) is 0 Å². The zero-order chi connectivity index (χ0) is 21.1. The molecule has 3 aromatic rings. The lowest BCUT2D eigenvalue weighted by Gasteiger charge is -2.29. The number of sulfonamides is 1. The van der Waals surface area contributed by atoms with Gasteiger partial charge in [-0.25, -0.2) is 8.42 Å². The van der Waals surface area contributed by atoms with Gasteiger partial charge in [0.05, 0.1) is 4.90 Å². The van der Waals surface area contributed by atoms with Crippen LogP contribution < -0.4 is 5.32 Å². The highest BCUT2D eigenvalue weighted by molar-refractivity contribution is 7.89. The van der Waals surface area contributed by atoms with Crippen LogP contribution in [0.2, 0.25) is 0 Å². The molecule has 1 aliphatic rings. The molecule has 1 saturated heterocycles. The first-order valence-electron chi connectivity index (χ1n) is 9.70. The quantitative estimate of drug-likeness (QED) is 0.671. The van der Waals surface area contributed by atoms with Crippen LogP contribution >= 0.6 is 0 Å². The fourth-order valence-electron chi connectivity index (χ4n) is 3.51. The highest BCUT2D eigenvalue weighted by Gasteiger charge is 2.32. The van der Waals surface area contributed by atoms with E-state index >= 15 is 0 Å². The van der Waals surface area contributed by atoms with Crippen molar-refractivity contribution in [2.75, 3.05) is 18.4 Å². The predicted octanol–water partition coefficient (Wildman–Crippen LogP) is 3.26. The Morgan fingerprint density at radius 2 is 1.73 bits per heavy atom. The van der Waals surface area contributed by atoms with Gasteiger partial charge in [0.15, 0.2) is 0 Å². The van der Waals surface area contributed by atoms with Crippen molar-refractivity contribution >= 4 is 21.6 Å². The third kappa shape index (κ3) is 4.27. The number of piperidine rings is 1. The van der Waals surface area contributed by atoms with Crippen molar-refractivity contribution in [2.45, 2.75) is 30.6 Å². The molecule has 8 nitrogen and oxygen atoms in total. The van der Waals surface area contributed by atoms with Crippen molar-refractivity contribution in [1.82, 2.24) is 14.4 Å². The van der Waals surface area contributed by atoms with Crippen LogP contribution in [0, 0.1) is 0 Å². The monoisotopic (exact) mass is 426 g/mol. The molecule has 2 heterocycles. The Bertz CT molecular complexity index is 1120. The number of hydrogen-bond acceptors (Lipinski definition) is 6. The number of nitrogens with zero attached hydrogens (tertiary/aromatic N) is 3. The Morgan fingerprint density at radius 1 is 1.07 bits per heavy atom. The minimum Gasteiger partial charge on any atom is -0.339 e. The first kappa shape index (κ1) is 20.2. The highest BCUT2D eigenvalue weighted by Crippen LogP contribution is 2.31. The molecule has 0 spiro atoms. The van der Waals surface area contributed by atoms with Gasteiger partial charge in [0.25, 0.3) is 0 Å². The van der Waals surface area contributed by atoms with Crippen molar-refractivity contribution in [3.05, 3.63) is 60.5 Å². The van der Waals surface area contributed by atoms with Gasteiger partial charge in [-0.05, 0) is 37.1 Å². The number of hydrogen-bond donors (Lipinski definition) is 1. The predicted molar refractivity (Wildman–Crippen MR) is 111 cm³/mol. The number of rotatable bonds is 5. The Morgan fingerprint density at radius 3 is 2.37 bits per heavy atom. The molecule has 0 unspecified atom stereocenters. The third-order valence-electron chi connectivity index (χ3n) is 5.09. The number of nitrogens with one attached hydrogen (secondary N) is 1. The van der Waals surface area contributed by atoms with Crippen LogP contribution in [0.4, 0.5) is 5.69 Å². The van der Waals surface area contributed by atoms with Gasteiger partial charge in [-0.3, -0.25) is 4.79 Å². The van der Waals surface area contributed by atoms with E-state index in [1.165, 1.54) is 23.4 Å². The number of carbonyl (C=O) groups excluding carboxylic acids is 1. The van der Waals surface area contributed by atoms with Crippen molar-refractivity contribution in [3.63, 3.8) is 0 Å². The first-order valence-corrected chi connectivity index (χ1v) is 11.1. The second-order valence-electron chi connectivity index (χ2n) is 7.21. The molecule has 0 aliphatic carbocycles. The Hall–Kier alpha value is -3.04. The van der Waals surface area contributed by atoms with E-state index in [1.54, 1.807) is 12.1 Å². The van der Waals surface area contributed by atoms with Crippen molar-refractivity contribution in [3.8, 4) is 11.4 Å². The van der Waals surface area contributed by atoms with E-state index < -0.39 is 10.0 Å². The molecule has 0 radical (unpaired) electrons. The Labute approximate surface area is 175 Å². The van der Waals surface area contributed by atoms with Crippen molar-refractivity contribution in [1.29, 1.82) is 0 Å². The van der Waals surface area contributed by atoms with Crippen LogP contribution in [-0.4, -0.2) is 41.9 Å². The van der Waals surface area contributed by atoms with Crippen LogP contribution in [0.25, 0.3) is 11.4 Å². The van der Waals surface area contributed by atoms with E-state index in [2.05, 4.69) is 15.5 Å². The van der Waals surface area contributed by atoms with Gasteiger partial charge in [-0.1, -0.05) is 35.5 Å². The Kier molecular flexibility index (Phi) is 5.65. The maximum absolute atomic E-state index is 12.9. The van der Waals surface area contributed by atoms with Crippen LogP contribution in [0.3, 0.4) is 0 Å². The molecule has 2 aromatic carbocycles. The molecule has 1 N–H and O–H groups in total. The van der Waals surface area contributed by atoms with E-state index in [0.29, 0.717) is 43.3 Å². The van der Waals surface area contributed by atoms with E-state index in [4.69, 9.17) is 4.52 Å². The lowest BCUT2D eigenvalue weighted by atomic mass is 9.98. The fourth-order valence-corrected chi connectivity index (χ4v) is 4.98. The molecule has 1 fully saturated rings. The van der Waals surface area contributed by atoms with E-state index in [0.717, 1.165) is 5.56 Å². The van der Waals surface area contributed by atoms with Gasteiger partial charge in [-0.15, -0.1) is 0 Å². The average Bonchev–Trinajstić information content (AvgIpc) is 3.25. The molecule has 1 aromatic heterocycles. The number of anilines is 1. The zero-order valence-corrected chi connectivity index (χ0v) is 17.3. The lowest BCUT2D eigenvalue weighted by molar-refractivity contribution is -0.114. The van der Waals surface area contributed by atoms with Gasteiger partial charge in [0.2, 0.25) is 27.6 Å². The van der Waals surface area contributed by atoms with Gasteiger partial charge in [0.1, 0.15) is 0 Å². The summed E-state index contributed by atoms with van der Waals surface area (Å²) in [6.45, 7) is 2.16. The fraction of sp³-hybridized carbons (Fsp3) is 0.286. The van der Waals surface area contributed by atoms with Gasteiger partial charge in [-0.2, -0.15) is 9.29 Å². The summed E-state index contributed by atoms with van der Waals surface area (Å²) < 4.78 is 32.8. The van der Waals surface area contributed by atoms with Crippen molar-refractivity contribution < 1.29 is 17.7 Å². The van der Waals surface area contributed by atoms with Crippen LogP contribution in [0.5, 0.6) is 0 Å². The standard InChI is InChI=1S/C21H22N4O4S/c1-15(26)22-18-7-9-19(10-8-18)30(27,28)25-13-11-17(12-14-25)21-23-20(24-29-21)16-5-3-2-4-6-16/h2-10,17H,11-14H2,1H3,(H,22,26). The second kappa shape index (κ2) is 8.37. The maximum atomic E-state index is 12.9. The summed E-state index contributed by atoms with van der Waals surface area (Å²) in [6, 6.07) is 15.8. The molecular weight excluding hydrogens is 404 g/mol. The summed E-state index contributed by atoms with van der Waals surface area (Å²) in [4.78, 5) is 15.8. The van der Waals surface area contributed by atoms with E-state index in [9.17, 15) is 13.2 Å². The average molecular weight is 426 g/mol. The second-order valence-corrected chi connectivity index (χ2v) is 9.14. The smallest absolute Gasteiger partial charge is 0.243 e. The molecule has 156 valence electrons. The van der Waals surface area contributed by atoms with Gasteiger partial charge >= 0.3 is 0 Å². The summed E-state index contributed by atoms with van der Waals surface area (Å²) in [7, 11) is -3.60. The topological polar surface area (TPSA) is 105 Å². The molecule has 1 aliphatic heterocycles. The van der Waals surface area contributed by atoms with E-state index in [-0.39, 0.29) is 16.7 Å². The third-order valence-corrected chi connectivity index (χ3v) is 7.00. The molecule has 9 heteroatoms. The largest absolute Gasteiger partial charge is 0.339 e. The number of amides is 1. The molecule has 0 bridgehead atoms. The summed E-state index contributed by atoms with van der Waals surface area (Å²) in [5, 5.41) is 6.69. The summed E-state index contributed by atoms with van der Waals surface area (Å²) in [6.07, 6.45) is 1.22. The number of benzene rings is 2. The zero-order valence-electron chi connectivity index (χ0n) is 16.5. The highest BCUT2D eigenvalue weighted by atomic mass is 32.2. The van der Waals surface area contributed by atoms with E-state index in [1.807, 2.05) is 30.3 Å². The van der Waals surface area contributed by atoms with Crippen LogP contribution in [0.1, 0.15) is 31.6 Å². The number of carbonyl (C=O) groups is 1. The SMILES string of the molecule is CC(=O)Nc1ccc(S(=O)(=O)N2CCC(c3nc(-c4ccccc4)no3)CC2)cc1. The molecular formula is C21H22N4O4S. The normalized spacial score (nSPS) is 15.8. The minimum atomic E-state index is -3.60. The first-order chi connectivity index (χ1) is 14.4. The Balaban J connectivity index is 1.41. The van der Waals surface area contributed by atoms with Crippen LogP contribution in [-0.2, 0) is 14.8 Å². The molecule has 0 atom stereocenters. The minimum absolute atomic E-state index is 0.0311. The maximum Gasteiger partial charge on any atom is 0.243 e. The van der Waals surface area contributed by atoms with Gasteiger partial charge in [0, 0.05) is 37.2 Å². The lowest BCUT2D eigenvalue weighted by Crippen LogP contribution is -2.37. The summed E-state index contributed by atoms with van der Waals surface area (Å²) >= 11 is 0. The van der Waals surface area contributed by atoms with Gasteiger partial charge < -0.3 is 9.84 Å². The summed E-state index contributed by atoms with van der Waals surface area (Å²) in [5.41, 5.74) is 1.45. The number of aromatic nitrogens is 2. The molecule has 4 rings (SSSR count). The molecule has 1 amide bonds. The molecule has 30 heavy (non-hydrogen) atoms. The van der Waals surface area contributed by atoms with Crippen LogP contribution in [0.15, 0.2) is 64.0 Å². The summed E-state index contributed by atoms with van der Waals surface area (Å²) in [5.74, 6) is 0.915. The molecule has 0 saturated carbocycles.